The van der Waals surface area contributed by atoms with E-state index in [0.717, 1.165) is 0 Å². The molecular weight excluding hydrogens is 420 g/mol. The lowest BCUT2D eigenvalue weighted by molar-refractivity contribution is -0.129. The number of halogens is 1. The summed E-state index contributed by atoms with van der Waals surface area (Å²) in [6.07, 6.45) is 4.53. The third-order valence-electron chi connectivity index (χ3n) is 4.28. The first-order valence-electron chi connectivity index (χ1n) is 9.12. The maximum absolute atomic E-state index is 12.3. The van der Waals surface area contributed by atoms with Gasteiger partial charge in [-0.3, -0.25) is 4.98 Å². The van der Waals surface area contributed by atoms with Crippen molar-refractivity contribution in [3.63, 3.8) is 0 Å². The summed E-state index contributed by atoms with van der Waals surface area (Å²) in [5.41, 5.74) is 1.64. The number of benzene rings is 2. The molecule has 1 aliphatic heterocycles. The smallest absolute Gasteiger partial charge is 0.363 e. The predicted molar refractivity (Wildman–Crippen MR) is 114 cm³/mol. The van der Waals surface area contributed by atoms with Crippen LogP contribution in [-0.4, -0.2) is 29.9 Å². The molecule has 0 amide bonds. The first-order valence-corrected chi connectivity index (χ1v) is 9.50. The van der Waals surface area contributed by atoms with Crippen molar-refractivity contribution in [2.24, 2.45) is 4.99 Å². The van der Waals surface area contributed by atoms with E-state index in [1.807, 2.05) is 0 Å². The number of methoxy groups -OCH3 is 1. The number of aliphatic imine (C=N–C) groups is 1. The Morgan fingerprint density at radius 3 is 2.71 bits per heavy atom. The van der Waals surface area contributed by atoms with Crippen LogP contribution in [0.2, 0.25) is 5.02 Å². The van der Waals surface area contributed by atoms with E-state index in [1.54, 1.807) is 66.9 Å². The summed E-state index contributed by atoms with van der Waals surface area (Å²) in [5.74, 6) is -0.422. The Morgan fingerprint density at radius 2 is 1.97 bits per heavy atom. The first-order chi connectivity index (χ1) is 15.0. The van der Waals surface area contributed by atoms with Crippen LogP contribution in [0.4, 0.5) is 0 Å². The number of pyridine rings is 1. The quantitative estimate of drug-likeness (QED) is 0.338. The zero-order chi connectivity index (χ0) is 21.8. The number of cyclic esters (lactones) is 1. The van der Waals surface area contributed by atoms with Gasteiger partial charge in [0.2, 0.25) is 5.90 Å². The van der Waals surface area contributed by atoms with E-state index in [-0.39, 0.29) is 17.3 Å². The highest BCUT2D eigenvalue weighted by Crippen LogP contribution is 2.30. The maximum atomic E-state index is 12.3. The summed E-state index contributed by atoms with van der Waals surface area (Å²) in [5, 5.41) is 0.509. The van der Waals surface area contributed by atoms with Gasteiger partial charge < -0.3 is 14.2 Å². The van der Waals surface area contributed by atoms with Crippen molar-refractivity contribution in [1.29, 1.82) is 0 Å². The van der Waals surface area contributed by atoms with Crippen molar-refractivity contribution in [3.05, 3.63) is 94.4 Å². The van der Waals surface area contributed by atoms with Crippen molar-refractivity contribution in [3.8, 4) is 11.5 Å². The topological polar surface area (TPSA) is 87.1 Å². The van der Waals surface area contributed by atoms with Crippen molar-refractivity contribution in [1.82, 2.24) is 4.98 Å². The van der Waals surface area contributed by atoms with E-state index >= 15 is 0 Å². The van der Waals surface area contributed by atoms with Crippen molar-refractivity contribution < 1.29 is 23.8 Å². The lowest BCUT2D eigenvalue weighted by Gasteiger charge is -2.10. The van der Waals surface area contributed by atoms with Crippen LogP contribution >= 0.6 is 11.6 Å². The predicted octanol–water partition coefficient (Wildman–Crippen LogP) is 4.31. The molecule has 4 rings (SSSR count). The molecule has 0 bridgehead atoms. The van der Waals surface area contributed by atoms with E-state index in [2.05, 4.69) is 9.98 Å². The average Bonchev–Trinajstić information content (AvgIpc) is 3.15. The molecule has 154 valence electrons. The molecule has 0 saturated carbocycles. The van der Waals surface area contributed by atoms with Gasteiger partial charge in [0.1, 0.15) is 0 Å². The molecule has 3 aromatic rings. The van der Waals surface area contributed by atoms with Gasteiger partial charge in [-0.25, -0.2) is 14.6 Å². The molecule has 1 aromatic heterocycles. The largest absolute Gasteiger partial charge is 0.493 e. The van der Waals surface area contributed by atoms with E-state index in [9.17, 15) is 9.59 Å². The second kappa shape index (κ2) is 8.81. The minimum atomic E-state index is -0.582. The van der Waals surface area contributed by atoms with Gasteiger partial charge in [0.25, 0.3) is 0 Å². The molecule has 1 aliphatic rings. The highest BCUT2D eigenvalue weighted by Gasteiger charge is 2.24. The number of carbonyl (C=O) groups excluding carboxylic acids is 2. The van der Waals surface area contributed by atoms with E-state index in [0.29, 0.717) is 27.5 Å². The van der Waals surface area contributed by atoms with Crippen LogP contribution in [0.3, 0.4) is 0 Å². The fraction of sp³-hybridized carbons (Fsp3) is 0.0435. The Balaban J connectivity index is 1.58. The Morgan fingerprint density at radius 1 is 1.10 bits per heavy atom. The van der Waals surface area contributed by atoms with E-state index in [1.165, 1.54) is 13.3 Å². The lowest BCUT2D eigenvalue weighted by Crippen LogP contribution is -2.09. The van der Waals surface area contributed by atoms with Gasteiger partial charge in [0.05, 0.1) is 12.7 Å². The number of ether oxygens (including phenoxy) is 3. The van der Waals surface area contributed by atoms with Crippen LogP contribution in [0.25, 0.3) is 6.08 Å². The normalized spacial score (nSPS) is 14.2. The fourth-order valence-electron chi connectivity index (χ4n) is 2.81. The van der Waals surface area contributed by atoms with Gasteiger partial charge in [0.15, 0.2) is 17.2 Å². The SMILES string of the molecule is COc1cc(/C=C2\N=C(c3cccc(Cl)c3)OC2=O)ccc1OC(=O)c1cccnc1. The average molecular weight is 435 g/mol. The molecule has 0 N–H and O–H groups in total. The molecule has 31 heavy (non-hydrogen) atoms. The standard InChI is InChI=1S/C23H15ClN2O5/c1-29-20-11-14(7-8-19(20)30-22(27)16-5-3-9-25-13-16)10-18-23(28)31-21(26-18)15-4-2-6-17(24)12-15/h2-13H,1H3/b18-10-. The summed E-state index contributed by atoms with van der Waals surface area (Å²) in [4.78, 5) is 32.6. The summed E-state index contributed by atoms with van der Waals surface area (Å²) < 4.78 is 16.0. The highest BCUT2D eigenvalue weighted by molar-refractivity contribution is 6.31. The van der Waals surface area contributed by atoms with E-state index < -0.39 is 11.9 Å². The van der Waals surface area contributed by atoms with Gasteiger partial charge in [-0.15, -0.1) is 0 Å². The van der Waals surface area contributed by atoms with Gasteiger partial charge in [0, 0.05) is 23.0 Å². The highest BCUT2D eigenvalue weighted by atomic mass is 35.5. The van der Waals surface area contributed by atoms with Crippen LogP contribution in [0.15, 0.2) is 77.7 Å². The first kappa shape index (κ1) is 20.3. The van der Waals surface area contributed by atoms with E-state index in [4.69, 9.17) is 25.8 Å². The second-order valence-electron chi connectivity index (χ2n) is 6.39. The summed E-state index contributed by atoms with van der Waals surface area (Å²) in [6, 6.07) is 15.0. The summed E-state index contributed by atoms with van der Waals surface area (Å²) >= 11 is 5.99. The van der Waals surface area contributed by atoms with Crippen LogP contribution in [-0.2, 0) is 9.53 Å². The zero-order valence-electron chi connectivity index (χ0n) is 16.2. The monoisotopic (exact) mass is 434 g/mol. The van der Waals surface area contributed by atoms with Crippen LogP contribution in [0.1, 0.15) is 21.5 Å². The number of carbonyl (C=O) groups is 2. The molecule has 0 spiro atoms. The molecule has 0 unspecified atom stereocenters. The molecule has 2 heterocycles. The number of hydrogen-bond donors (Lipinski definition) is 0. The molecule has 7 nitrogen and oxygen atoms in total. The maximum Gasteiger partial charge on any atom is 0.363 e. The molecule has 0 radical (unpaired) electrons. The Labute approximate surface area is 182 Å². The van der Waals surface area contributed by atoms with Crippen molar-refractivity contribution in [2.45, 2.75) is 0 Å². The van der Waals surface area contributed by atoms with Crippen LogP contribution < -0.4 is 9.47 Å². The minimum absolute atomic E-state index is 0.122. The minimum Gasteiger partial charge on any atom is -0.493 e. The Hall–Kier alpha value is -3.97. The zero-order valence-corrected chi connectivity index (χ0v) is 17.0. The van der Waals surface area contributed by atoms with Crippen LogP contribution in [0.5, 0.6) is 11.5 Å². The Bertz CT molecular complexity index is 1220. The van der Waals surface area contributed by atoms with Crippen LogP contribution in [0, 0.1) is 0 Å². The van der Waals surface area contributed by atoms with Crippen molar-refractivity contribution >= 4 is 35.5 Å². The summed E-state index contributed by atoms with van der Waals surface area (Å²) in [6.45, 7) is 0. The van der Waals surface area contributed by atoms with Gasteiger partial charge >= 0.3 is 11.9 Å². The van der Waals surface area contributed by atoms with Crippen molar-refractivity contribution in [2.75, 3.05) is 7.11 Å². The number of hydrogen-bond acceptors (Lipinski definition) is 7. The third kappa shape index (κ3) is 4.62. The number of rotatable bonds is 5. The third-order valence-corrected chi connectivity index (χ3v) is 4.52. The lowest BCUT2D eigenvalue weighted by atomic mass is 10.1. The molecule has 8 heteroatoms. The molecule has 0 aliphatic carbocycles. The molecule has 0 saturated heterocycles. The number of aromatic nitrogens is 1. The van der Waals surface area contributed by atoms with Gasteiger partial charge in [-0.1, -0.05) is 23.7 Å². The molecular formula is C23H15ClN2O5. The number of nitrogens with zero attached hydrogens (tertiary/aromatic N) is 2. The molecule has 0 atom stereocenters. The molecule has 2 aromatic carbocycles. The summed E-state index contributed by atoms with van der Waals surface area (Å²) in [7, 11) is 1.45. The Kier molecular flexibility index (Phi) is 5.77. The second-order valence-corrected chi connectivity index (χ2v) is 6.82. The number of esters is 2. The molecule has 0 fully saturated rings. The van der Waals surface area contributed by atoms with Gasteiger partial charge in [-0.05, 0) is 54.1 Å². The van der Waals surface area contributed by atoms with Gasteiger partial charge in [-0.2, -0.15) is 0 Å². The fourth-order valence-corrected chi connectivity index (χ4v) is 3.00.